The number of nitrogens with zero attached hydrogens (tertiary/aromatic N) is 2. The second-order valence-electron chi connectivity index (χ2n) is 5.02. The Morgan fingerprint density at radius 2 is 2.11 bits per heavy atom. The predicted octanol–water partition coefficient (Wildman–Crippen LogP) is 3.01. The van der Waals surface area contributed by atoms with Gasteiger partial charge in [0.15, 0.2) is 0 Å². The molecule has 0 aliphatic heterocycles. The van der Waals surface area contributed by atoms with Crippen molar-refractivity contribution in [3.05, 3.63) is 53.3 Å². The maximum Gasteiger partial charge on any atom is 0.0537 e. The van der Waals surface area contributed by atoms with Crippen LogP contribution in [0.2, 0.25) is 0 Å². The predicted molar refractivity (Wildman–Crippen MR) is 79.1 cm³/mol. The lowest BCUT2D eigenvalue weighted by atomic mass is 9.98. The Bertz CT molecular complexity index is 516. The lowest BCUT2D eigenvalue weighted by Gasteiger charge is -2.17. The molecule has 0 aliphatic rings. The van der Waals surface area contributed by atoms with Crippen LogP contribution in [-0.4, -0.2) is 16.3 Å². The van der Waals surface area contributed by atoms with E-state index in [1.165, 1.54) is 16.7 Å². The largest absolute Gasteiger partial charge is 0.310 e. The van der Waals surface area contributed by atoms with Gasteiger partial charge in [-0.1, -0.05) is 31.2 Å². The minimum absolute atomic E-state index is 0.387. The van der Waals surface area contributed by atoms with Crippen LogP contribution in [0.5, 0.6) is 0 Å². The van der Waals surface area contributed by atoms with E-state index in [9.17, 15) is 0 Å². The molecule has 0 saturated carbocycles. The van der Waals surface area contributed by atoms with Crippen LogP contribution in [0, 0.1) is 6.92 Å². The van der Waals surface area contributed by atoms with Crippen LogP contribution >= 0.6 is 0 Å². The Kier molecular flexibility index (Phi) is 4.74. The van der Waals surface area contributed by atoms with Crippen molar-refractivity contribution in [2.75, 3.05) is 6.54 Å². The van der Waals surface area contributed by atoms with E-state index in [1.54, 1.807) is 0 Å². The third-order valence-corrected chi connectivity index (χ3v) is 3.54. The Labute approximate surface area is 115 Å². The van der Waals surface area contributed by atoms with E-state index >= 15 is 0 Å². The zero-order valence-electron chi connectivity index (χ0n) is 12.1. The highest BCUT2D eigenvalue weighted by Gasteiger charge is 2.12. The average molecular weight is 257 g/mol. The van der Waals surface area contributed by atoms with Gasteiger partial charge < -0.3 is 5.32 Å². The highest BCUT2D eigenvalue weighted by molar-refractivity contribution is 5.26. The van der Waals surface area contributed by atoms with Gasteiger partial charge >= 0.3 is 0 Å². The van der Waals surface area contributed by atoms with Crippen molar-refractivity contribution >= 4 is 0 Å². The summed E-state index contributed by atoms with van der Waals surface area (Å²) in [5.41, 5.74) is 4.09. The van der Waals surface area contributed by atoms with Gasteiger partial charge in [0.25, 0.3) is 0 Å². The molecule has 1 aromatic heterocycles. The van der Waals surface area contributed by atoms with Crippen molar-refractivity contribution < 1.29 is 0 Å². The number of benzene rings is 1. The fraction of sp³-hybridized carbons (Fsp3) is 0.438. The second kappa shape index (κ2) is 6.53. The monoisotopic (exact) mass is 257 g/mol. The van der Waals surface area contributed by atoms with E-state index in [-0.39, 0.29) is 0 Å². The fourth-order valence-electron chi connectivity index (χ4n) is 2.44. The van der Waals surface area contributed by atoms with Crippen molar-refractivity contribution in [1.82, 2.24) is 15.1 Å². The summed E-state index contributed by atoms with van der Waals surface area (Å²) in [7, 11) is 1.97. The number of hydrogen-bond acceptors (Lipinski definition) is 2. The highest BCUT2D eigenvalue weighted by atomic mass is 15.2. The maximum absolute atomic E-state index is 4.27. The molecule has 0 fully saturated rings. The molecule has 0 bridgehead atoms. The molecule has 0 amide bonds. The van der Waals surface area contributed by atoms with Gasteiger partial charge in [-0.2, -0.15) is 5.10 Å². The number of nitrogens with one attached hydrogen (secondary N) is 1. The zero-order chi connectivity index (χ0) is 13.7. The molecule has 3 nitrogen and oxygen atoms in total. The van der Waals surface area contributed by atoms with Gasteiger partial charge in [-0.05, 0) is 37.4 Å². The van der Waals surface area contributed by atoms with Gasteiger partial charge in [-0.3, -0.25) is 4.68 Å². The van der Waals surface area contributed by atoms with E-state index in [1.807, 2.05) is 17.9 Å². The molecule has 19 heavy (non-hydrogen) atoms. The summed E-state index contributed by atoms with van der Waals surface area (Å²) >= 11 is 0. The number of rotatable bonds is 6. The van der Waals surface area contributed by atoms with E-state index in [2.05, 4.69) is 54.7 Å². The quantitative estimate of drug-likeness (QED) is 0.862. The zero-order valence-corrected chi connectivity index (χ0v) is 12.1. The van der Waals surface area contributed by atoms with Gasteiger partial charge in [0.05, 0.1) is 6.20 Å². The SMILES string of the molecule is CCNC(CCc1ccccc1C)c1cnn(C)c1. The van der Waals surface area contributed by atoms with E-state index in [0.717, 1.165) is 19.4 Å². The molecule has 1 heterocycles. The molecule has 0 saturated heterocycles. The van der Waals surface area contributed by atoms with Crippen LogP contribution < -0.4 is 5.32 Å². The van der Waals surface area contributed by atoms with Crippen LogP contribution in [0.1, 0.15) is 36.1 Å². The third-order valence-electron chi connectivity index (χ3n) is 3.54. The van der Waals surface area contributed by atoms with Crippen LogP contribution in [-0.2, 0) is 13.5 Å². The molecule has 1 N–H and O–H groups in total. The smallest absolute Gasteiger partial charge is 0.0537 e. The van der Waals surface area contributed by atoms with Gasteiger partial charge in [0.2, 0.25) is 0 Å². The topological polar surface area (TPSA) is 29.9 Å². The summed E-state index contributed by atoms with van der Waals surface area (Å²) in [5.74, 6) is 0. The Hall–Kier alpha value is -1.61. The summed E-state index contributed by atoms with van der Waals surface area (Å²) in [6.07, 6.45) is 6.26. The van der Waals surface area contributed by atoms with Crippen LogP contribution in [0.3, 0.4) is 0 Å². The van der Waals surface area contributed by atoms with Gasteiger partial charge in [-0.25, -0.2) is 0 Å². The molecular weight excluding hydrogens is 234 g/mol. The van der Waals surface area contributed by atoms with Crippen LogP contribution in [0.25, 0.3) is 0 Å². The maximum atomic E-state index is 4.27. The molecule has 0 spiro atoms. The van der Waals surface area contributed by atoms with Crippen molar-refractivity contribution in [3.63, 3.8) is 0 Å². The summed E-state index contributed by atoms with van der Waals surface area (Å²) in [6.45, 7) is 5.31. The molecule has 2 aromatic rings. The lowest BCUT2D eigenvalue weighted by molar-refractivity contribution is 0.514. The average Bonchev–Trinajstić information content (AvgIpc) is 2.83. The summed E-state index contributed by atoms with van der Waals surface area (Å²) in [5, 5.41) is 7.82. The highest BCUT2D eigenvalue weighted by Crippen LogP contribution is 2.20. The molecule has 0 radical (unpaired) electrons. The van der Waals surface area contributed by atoms with Gasteiger partial charge in [0, 0.05) is 24.8 Å². The molecule has 1 unspecified atom stereocenters. The minimum Gasteiger partial charge on any atom is -0.310 e. The Balaban J connectivity index is 2.03. The molecular formula is C16H23N3. The Morgan fingerprint density at radius 1 is 1.32 bits per heavy atom. The van der Waals surface area contributed by atoms with E-state index < -0.39 is 0 Å². The first kappa shape index (κ1) is 13.8. The number of hydrogen-bond donors (Lipinski definition) is 1. The summed E-state index contributed by atoms with van der Waals surface area (Å²) in [6, 6.07) is 9.01. The van der Waals surface area contributed by atoms with Crippen molar-refractivity contribution in [3.8, 4) is 0 Å². The first-order valence-corrected chi connectivity index (χ1v) is 6.97. The van der Waals surface area contributed by atoms with Crippen LogP contribution in [0.4, 0.5) is 0 Å². The van der Waals surface area contributed by atoms with Gasteiger partial charge in [-0.15, -0.1) is 0 Å². The van der Waals surface area contributed by atoms with E-state index in [0.29, 0.717) is 6.04 Å². The van der Waals surface area contributed by atoms with Crippen molar-refractivity contribution in [2.45, 2.75) is 32.7 Å². The number of aromatic nitrogens is 2. The minimum atomic E-state index is 0.387. The van der Waals surface area contributed by atoms with Crippen molar-refractivity contribution in [2.24, 2.45) is 7.05 Å². The summed E-state index contributed by atoms with van der Waals surface area (Å²) < 4.78 is 1.87. The molecule has 3 heteroatoms. The first-order chi connectivity index (χ1) is 9.20. The number of aryl methyl sites for hydroxylation is 3. The second-order valence-corrected chi connectivity index (χ2v) is 5.02. The molecule has 0 aliphatic carbocycles. The van der Waals surface area contributed by atoms with Crippen LogP contribution in [0.15, 0.2) is 36.7 Å². The Morgan fingerprint density at radius 3 is 2.74 bits per heavy atom. The fourth-order valence-corrected chi connectivity index (χ4v) is 2.44. The van der Waals surface area contributed by atoms with Gasteiger partial charge in [0.1, 0.15) is 0 Å². The third kappa shape index (κ3) is 3.67. The van der Waals surface area contributed by atoms with E-state index in [4.69, 9.17) is 0 Å². The standard InChI is InChI=1S/C16H23N3/c1-4-17-16(15-11-18-19(3)12-15)10-9-14-8-6-5-7-13(14)2/h5-8,11-12,16-17H,4,9-10H2,1-3H3. The normalized spacial score (nSPS) is 12.6. The lowest BCUT2D eigenvalue weighted by Crippen LogP contribution is -2.21. The van der Waals surface area contributed by atoms with Crippen molar-refractivity contribution in [1.29, 1.82) is 0 Å². The molecule has 1 atom stereocenters. The molecule has 2 rings (SSSR count). The molecule has 102 valence electrons. The first-order valence-electron chi connectivity index (χ1n) is 6.97. The molecule has 1 aromatic carbocycles. The summed E-state index contributed by atoms with van der Waals surface area (Å²) in [4.78, 5) is 0.